The quantitative estimate of drug-likeness (QED) is 0.500. The van der Waals surface area contributed by atoms with Crippen molar-refractivity contribution < 1.29 is 43.8 Å². The van der Waals surface area contributed by atoms with Gasteiger partial charge in [0.05, 0.1) is 40.1 Å². The van der Waals surface area contributed by atoms with Gasteiger partial charge in [-0.05, 0) is 36.8 Å². The van der Waals surface area contributed by atoms with Crippen LogP contribution in [0.3, 0.4) is 0 Å². The van der Waals surface area contributed by atoms with Gasteiger partial charge in [-0.15, -0.1) is 0 Å². The van der Waals surface area contributed by atoms with E-state index in [-0.39, 0.29) is 22.8 Å². The van der Waals surface area contributed by atoms with Crippen molar-refractivity contribution in [1.29, 1.82) is 0 Å². The lowest BCUT2D eigenvalue weighted by molar-refractivity contribution is -0.00178. The van der Waals surface area contributed by atoms with E-state index in [1.54, 1.807) is 18.2 Å². The van der Waals surface area contributed by atoms with Crippen LogP contribution in [0.4, 0.5) is 0 Å². The van der Waals surface area contributed by atoms with Crippen molar-refractivity contribution in [1.82, 2.24) is 0 Å². The molecular formula is C21H26O9. The van der Waals surface area contributed by atoms with Gasteiger partial charge < -0.3 is 39.0 Å². The molecule has 0 aliphatic heterocycles. The molecule has 0 radical (unpaired) electrons. The molecule has 0 spiro atoms. The van der Waals surface area contributed by atoms with Crippen LogP contribution in [0.1, 0.15) is 28.9 Å². The summed E-state index contributed by atoms with van der Waals surface area (Å²) in [6, 6.07) is 7.40. The highest BCUT2D eigenvalue weighted by molar-refractivity contribution is 5.89. The second kappa shape index (κ2) is 10.6. The first-order valence-electron chi connectivity index (χ1n) is 9.15. The summed E-state index contributed by atoms with van der Waals surface area (Å²) < 4.78 is 27.0. The Bertz CT molecular complexity index is 841. The van der Waals surface area contributed by atoms with Gasteiger partial charge in [0.25, 0.3) is 0 Å². The van der Waals surface area contributed by atoms with Crippen LogP contribution in [0.2, 0.25) is 0 Å². The maximum atomic E-state index is 11.3. The lowest BCUT2D eigenvalue weighted by atomic mass is 10.0. The lowest BCUT2D eigenvalue weighted by Gasteiger charge is -2.25. The minimum Gasteiger partial charge on any atom is -0.493 e. The van der Waals surface area contributed by atoms with E-state index in [1.807, 2.05) is 6.92 Å². The molecule has 0 heterocycles. The molecule has 0 bridgehead atoms. The normalized spacial score (nSPS) is 12.6. The van der Waals surface area contributed by atoms with Crippen molar-refractivity contribution in [2.24, 2.45) is 0 Å². The van der Waals surface area contributed by atoms with E-state index in [1.165, 1.54) is 33.5 Å². The Balaban J connectivity index is 2.38. The van der Waals surface area contributed by atoms with Crippen molar-refractivity contribution in [3.63, 3.8) is 0 Å². The van der Waals surface area contributed by atoms with Crippen LogP contribution < -0.4 is 23.7 Å². The minimum atomic E-state index is -1.24. The molecule has 0 amide bonds. The molecule has 30 heavy (non-hydrogen) atoms. The summed E-state index contributed by atoms with van der Waals surface area (Å²) in [7, 11) is 4.16. The highest BCUT2D eigenvalue weighted by Gasteiger charge is 2.27. The van der Waals surface area contributed by atoms with Gasteiger partial charge in [0, 0.05) is 0 Å². The summed E-state index contributed by atoms with van der Waals surface area (Å²) >= 11 is 0. The third-order valence-corrected chi connectivity index (χ3v) is 4.34. The van der Waals surface area contributed by atoms with Gasteiger partial charge in [0.2, 0.25) is 5.75 Å². The van der Waals surface area contributed by atoms with E-state index in [0.717, 1.165) is 0 Å². The molecule has 164 valence electrons. The van der Waals surface area contributed by atoms with E-state index in [0.29, 0.717) is 23.7 Å². The van der Waals surface area contributed by atoms with Crippen LogP contribution in [0, 0.1) is 0 Å². The highest BCUT2D eigenvalue weighted by Crippen LogP contribution is 2.41. The maximum absolute atomic E-state index is 11.3. The molecular weight excluding hydrogens is 396 g/mol. The fraction of sp³-hybridized carbons (Fsp3) is 0.381. The number of benzene rings is 2. The van der Waals surface area contributed by atoms with Gasteiger partial charge in [0.1, 0.15) is 6.10 Å². The number of hydrogen-bond donors (Lipinski definition) is 3. The molecule has 0 fully saturated rings. The van der Waals surface area contributed by atoms with E-state index in [2.05, 4.69) is 0 Å². The van der Waals surface area contributed by atoms with E-state index < -0.39 is 24.8 Å². The summed E-state index contributed by atoms with van der Waals surface area (Å²) in [5, 5.41) is 29.9. The van der Waals surface area contributed by atoms with Gasteiger partial charge in [-0.25, -0.2) is 4.79 Å². The average molecular weight is 422 g/mol. The summed E-state index contributed by atoms with van der Waals surface area (Å²) in [6.07, 6.45) is -2.35. The lowest BCUT2D eigenvalue weighted by Crippen LogP contribution is -2.29. The first-order valence-corrected chi connectivity index (χ1v) is 9.15. The largest absolute Gasteiger partial charge is 0.493 e. The molecule has 2 aromatic carbocycles. The predicted octanol–water partition coefficient (Wildman–Crippen LogP) is 2.28. The number of ether oxygens (including phenoxy) is 5. The SMILES string of the molecule is CCOc1ccc(C(O)C(CO)Oc2c(OC)cc(C(=O)O)cc2OC)cc1OC. The third-order valence-electron chi connectivity index (χ3n) is 4.34. The standard InChI is InChI=1S/C21H26O9/c1-5-29-14-7-6-12(8-15(14)26-2)19(23)18(11-22)30-20-16(27-3)9-13(21(24)25)10-17(20)28-4/h6-10,18-19,22-23H,5,11H2,1-4H3,(H,24,25). The van der Waals surface area contributed by atoms with Gasteiger partial charge in [-0.2, -0.15) is 0 Å². The molecule has 9 heteroatoms. The highest BCUT2D eigenvalue weighted by atomic mass is 16.6. The van der Waals surface area contributed by atoms with Gasteiger partial charge in [0.15, 0.2) is 29.1 Å². The first kappa shape index (κ1) is 23.1. The zero-order chi connectivity index (χ0) is 22.3. The molecule has 0 aliphatic rings. The molecule has 2 aromatic rings. The topological polar surface area (TPSA) is 124 Å². The monoisotopic (exact) mass is 422 g/mol. The van der Waals surface area contributed by atoms with Crippen molar-refractivity contribution in [3.8, 4) is 28.7 Å². The van der Waals surface area contributed by atoms with Crippen LogP contribution in [0.25, 0.3) is 0 Å². The Hall–Kier alpha value is -3.17. The van der Waals surface area contributed by atoms with Crippen molar-refractivity contribution in [2.45, 2.75) is 19.1 Å². The Morgan fingerprint density at radius 3 is 2.03 bits per heavy atom. The van der Waals surface area contributed by atoms with Crippen molar-refractivity contribution >= 4 is 5.97 Å². The van der Waals surface area contributed by atoms with Gasteiger partial charge in [-0.1, -0.05) is 6.07 Å². The maximum Gasteiger partial charge on any atom is 0.335 e. The number of aromatic carboxylic acids is 1. The molecule has 2 atom stereocenters. The molecule has 0 saturated heterocycles. The van der Waals surface area contributed by atoms with E-state index in [4.69, 9.17) is 23.7 Å². The zero-order valence-electron chi connectivity index (χ0n) is 17.2. The molecule has 2 rings (SSSR count). The summed E-state index contributed by atoms with van der Waals surface area (Å²) in [4.78, 5) is 11.3. The Morgan fingerprint density at radius 1 is 0.967 bits per heavy atom. The number of hydrogen-bond acceptors (Lipinski definition) is 8. The third kappa shape index (κ3) is 5.05. The minimum absolute atomic E-state index is 0.0565. The second-order valence-corrected chi connectivity index (χ2v) is 6.14. The summed E-state index contributed by atoms with van der Waals surface area (Å²) in [6.45, 7) is 1.75. The summed E-state index contributed by atoms with van der Waals surface area (Å²) in [5.74, 6) is -0.00111. The molecule has 0 saturated carbocycles. The Kier molecular flexibility index (Phi) is 8.14. The van der Waals surface area contributed by atoms with Crippen LogP contribution >= 0.6 is 0 Å². The van der Waals surface area contributed by atoms with Gasteiger partial charge >= 0.3 is 5.97 Å². The smallest absolute Gasteiger partial charge is 0.335 e. The predicted molar refractivity (Wildman–Crippen MR) is 107 cm³/mol. The number of carbonyl (C=O) groups is 1. The first-order chi connectivity index (χ1) is 14.4. The van der Waals surface area contributed by atoms with E-state index >= 15 is 0 Å². The fourth-order valence-electron chi connectivity index (χ4n) is 2.83. The molecule has 9 nitrogen and oxygen atoms in total. The van der Waals surface area contributed by atoms with Crippen molar-refractivity contribution in [2.75, 3.05) is 34.5 Å². The number of methoxy groups -OCH3 is 3. The van der Waals surface area contributed by atoms with E-state index in [9.17, 15) is 20.1 Å². The number of aliphatic hydroxyl groups is 2. The van der Waals surface area contributed by atoms with Crippen LogP contribution in [-0.2, 0) is 0 Å². The average Bonchev–Trinajstić information content (AvgIpc) is 2.76. The number of aliphatic hydroxyl groups excluding tert-OH is 2. The number of rotatable bonds is 11. The Labute approximate surface area is 174 Å². The van der Waals surface area contributed by atoms with Crippen LogP contribution in [0.5, 0.6) is 28.7 Å². The molecule has 0 aliphatic carbocycles. The molecule has 3 N–H and O–H groups in total. The molecule has 2 unspecified atom stereocenters. The van der Waals surface area contributed by atoms with Crippen LogP contribution in [-0.4, -0.2) is 61.9 Å². The van der Waals surface area contributed by atoms with Crippen molar-refractivity contribution in [3.05, 3.63) is 41.5 Å². The zero-order valence-corrected chi connectivity index (χ0v) is 17.2. The second-order valence-electron chi connectivity index (χ2n) is 6.14. The van der Waals surface area contributed by atoms with Gasteiger partial charge in [-0.3, -0.25) is 0 Å². The van der Waals surface area contributed by atoms with Crippen LogP contribution in [0.15, 0.2) is 30.3 Å². The Morgan fingerprint density at radius 2 is 1.57 bits per heavy atom. The number of carboxylic acid groups (broad SMARTS) is 1. The molecule has 0 aromatic heterocycles. The summed E-state index contributed by atoms with van der Waals surface area (Å²) in [5.41, 5.74) is 0.364. The fourth-order valence-corrected chi connectivity index (χ4v) is 2.83. The number of carboxylic acids is 1.